The number of nitrogens with zero attached hydrogens (tertiary/aromatic N) is 3. The molecule has 0 saturated heterocycles. The van der Waals surface area contributed by atoms with Crippen LogP contribution in [-0.2, 0) is 25.8 Å². The van der Waals surface area contributed by atoms with E-state index in [2.05, 4.69) is 20.6 Å². The van der Waals surface area contributed by atoms with Crippen LogP contribution in [0.2, 0.25) is 0 Å². The fraction of sp³-hybridized carbons (Fsp3) is 0.238. The molecule has 0 atom stereocenters. The van der Waals surface area contributed by atoms with Crippen molar-refractivity contribution >= 4 is 5.96 Å². The highest BCUT2D eigenvalue weighted by molar-refractivity contribution is 5.79. The van der Waals surface area contributed by atoms with Gasteiger partial charge in [0.15, 0.2) is 5.96 Å². The third-order valence-electron chi connectivity index (χ3n) is 4.45. The molecule has 5 nitrogen and oxygen atoms in total. The molecule has 0 aliphatic rings. The number of imidazole rings is 1. The molecule has 2 N–H and O–H groups in total. The number of aliphatic imine (C=N–C) groups is 1. The standard InChI is InChI=1S/C21H21F4N5/c1-26-20(29-12-17-6-7-18(22)10-19(17)21(23,24)25)28-11-15-2-4-16(5-3-15)13-30-9-8-27-14-30/h2-10,14H,11-13H2,1H3,(H2,26,28,29). The fourth-order valence-electron chi connectivity index (χ4n) is 2.91. The van der Waals surface area contributed by atoms with Crippen molar-refractivity contribution < 1.29 is 17.6 Å². The Hall–Kier alpha value is -3.36. The second-order valence-electron chi connectivity index (χ2n) is 6.63. The lowest BCUT2D eigenvalue weighted by Crippen LogP contribution is -2.36. The van der Waals surface area contributed by atoms with Crippen LogP contribution >= 0.6 is 0 Å². The number of halogens is 4. The predicted molar refractivity (Wildman–Crippen MR) is 106 cm³/mol. The summed E-state index contributed by atoms with van der Waals surface area (Å²) in [7, 11) is 1.53. The molecule has 0 spiro atoms. The van der Waals surface area contributed by atoms with E-state index in [1.165, 1.54) is 7.05 Å². The zero-order valence-corrected chi connectivity index (χ0v) is 16.2. The molecule has 9 heteroatoms. The number of hydrogen-bond donors (Lipinski definition) is 2. The summed E-state index contributed by atoms with van der Waals surface area (Å²) in [6.45, 7) is 1.02. The minimum absolute atomic E-state index is 0.0595. The van der Waals surface area contributed by atoms with Crippen LogP contribution in [0.4, 0.5) is 17.6 Å². The third kappa shape index (κ3) is 5.82. The van der Waals surface area contributed by atoms with Crippen LogP contribution in [0, 0.1) is 5.82 Å². The van der Waals surface area contributed by atoms with Gasteiger partial charge in [0.1, 0.15) is 5.82 Å². The Balaban J connectivity index is 1.55. The summed E-state index contributed by atoms with van der Waals surface area (Å²) in [5.41, 5.74) is 1.05. The summed E-state index contributed by atoms with van der Waals surface area (Å²) in [5.74, 6) is -0.583. The van der Waals surface area contributed by atoms with Crippen molar-refractivity contribution in [2.75, 3.05) is 7.05 Å². The molecule has 0 radical (unpaired) electrons. The van der Waals surface area contributed by atoms with Gasteiger partial charge in [0, 0.05) is 39.1 Å². The van der Waals surface area contributed by atoms with Crippen LogP contribution in [0.5, 0.6) is 0 Å². The van der Waals surface area contributed by atoms with Crippen molar-refractivity contribution in [1.82, 2.24) is 20.2 Å². The first kappa shape index (κ1) is 21.4. The Labute approximate surface area is 171 Å². The van der Waals surface area contributed by atoms with Crippen LogP contribution in [-0.4, -0.2) is 22.6 Å². The molecule has 0 aliphatic carbocycles. The van der Waals surface area contributed by atoms with Crippen LogP contribution in [0.25, 0.3) is 0 Å². The average molecular weight is 419 g/mol. The van der Waals surface area contributed by atoms with Gasteiger partial charge in [0.25, 0.3) is 0 Å². The zero-order chi connectivity index (χ0) is 21.6. The topological polar surface area (TPSA) is 54.2 Å². The molecule has 30 heavy (non-hydrogen) atoms. The number of hydrogen-bond acceptors (Lipinski definition) is 2. The third-order valence-corrected chi connectivity index (χ3v) is 4.45. The molecule has 0 amide bonds. The lowest BCUT2D eigenvalue weighted by Gasteiger charge is -2.16. The van der Waals surface area contributed by atoms with Gasteiger partial charge in [-0.25, -0.2) is 9.37 Å². The second-order valence-corrected chi connectivity index (χ2v) is 6.63. The van der Waals surface area contributed by atoms with Gasteiger partial charge in [0.05, 0.1) is 11.9 Å². The maximum atomic E-state index is 13.2. The van der Waals surface area contributed by atoms with Crippen molar-refractivity contribution in [2.45, 2.75) is 25.8 Å². The summed E-state index contributed by atoms with van der Waals surface area (Å²) in [4.78, 5) is 8.03. The number of aromatic nitrogens is 2. The van der Waals surface area contributed by atoms with Crippen molar-refractivity contribution in [3.8, 4) is 0 Å². The average Bonchev–Trinajstić information content (AvgIpc) is 3.22. The Morgan fingerprint density at radius 2 is 1.73 bits per heavy atom. The molecule has 3 aromatic rings. The molecule has 0 fully saturated rings. The van der Waals surface area contributed by atoms with Crippen molar-refractivity contribution in [3.63, 3.8) is 0 Å². The molecule has 0 aliphatic heterocycles. The summed E-state index contributed by atoms with van der Waals surface area (Å²) in [6.07, 6.45) is 0.724. The molecule has 0 bridgehead atoms. The normalized spacial score (nSPS) is 12.1. The molecule has 3 rings (SSSR count). The van der Waals surface area contributed by atoms with Crippen LogP contribution in [0.1, 0.15) is 22.3 Å². The fourth-order valence-corrected chi connectivity index (χ4v) is 2.91. The molecular formula is C21H21F4N5. The summed E-state index contributed by atoms with van der Waals surface area (Å²) in [6, 6.07) is 10.6. The van der Waals surface area contributed by atoms with Gasteiger partial charge < -0.3 is 15.2 Å². The van der Waals surface area contributed by atoms with Gasteiger partial charge >= 0.3 is 6.18 Å². The lowest BCUT2D eigenvalue weighted by molar-refractivity contribution is -0.138. The first-order valence-electron chi connectivity index (χ1n) is 9.19. The Morgan fingerprint density at radius 3 is 2.37 bits per heavy atom. The number of benzene rings is 2. The number of nitrogens with one attached hydrogen (secondary N) is 2. The number of rotatable bonds is 6. The van der Waals surface area contributed by atoms with E-state index < -0.39 is 17.6 Å². The van der Waals surface area contributed by atoms with Gasteiger partial charge in [-0.15, -0.1) is 0 Å². The van der Waals surface area contributed by atoms with Gasteiger partial charge in [0.2, 0.25) is 0 Å². The number of guanidine groups is 1. The van der Waals surface area contributed by atoms with Gasteiger partial charge in [-0.1, -0.05) is 30.3 Å². The minimum atomic E-state index is -4.63. The van der Waals surface area contributed by atoms with Gasteiger partial charge in [-0.05, 0) is 28.8 Å². The molecule has 2 aromatic carbocycles. The van der Waals surface area contributed by atoms with E-state index in [1.54, 1.807) is 12.5 Å². The molecule has 1 aromatic heterocycles. The van der Waals surface area contributed by atoms with Gasteiger partial charge in [-0.3, -0.25) is 4.99 Å². The molecule has 158 valence electrons. The van der Waals surface area contributed by atoms with E-state index in [0.717, 1.165) is 29.8 Å². The van der Waals surface area contributed by atoms with E-state index in [1.807, 2.05) is 35.0 Å². The first-order chi connectivity index (χ1) is 14.3. The predicted octanol–water partition coefficient (Wildman–Crippen LogP) is 3.95. The summed E-state index contributed by atoms with van der Waals surface area (Å²) in [5, 5.41) is 5.89. The zero-order valence-electron chi connectivity index (χ0n) is 16.2. The van der Waals surface area contributed by atoms with E-state index >= 15 is 0 Å². The van der Waals surface area contributed by atoms with Crippen LogP contribution < -0.4 is 10.6 Å². The van der Waals surface area contributed by atoms with E-state index in [0.29, 0.717) is 18.6 Å². The quantitative estimate of drug-likeness (QED) is 0.361. The highest BCUT2D eigenvalue weighted by Gasteiger charge is 2.33. The Bertz CT molecular complexity index is 980. The smallest absolute Gasteiger partial charge is 0.352 e. The first-order valence-corrected chi connectivity index (χ1v) is 9.19. The Kier molecular flexibility index (Phi) is 6.71. The Morgan fingerprint density at radius 1 is 1.03 bits per heavy atom. The maximum absolute atomic E-state index is 13.2. The molecular weight excluding hydrogens is 398 g/mol. The SMILES string of the molecule is CN=C(NCc1ccc(Cn2ccnc2)cc1)NCc1ccc(F)cc1C(F)(F)F. The monoisotopic (exact) mass is 419 g/mol. The molecule has 1 heterocycles. The summed E-state index contributed by atoms with van der Waals surface area (Å²) < 4.78 is 54.5. The summed E-state index contributed by atoms with van der Waals surface area (Å²) >= 11 is 0. The van der Waals surface area contributed by atoms with Crippen molar-refractivity contribution in [2.24, 2.45) is 4.99 Å². The highest BCUT2D eigenvalue weighted by atomic mass is 19.4. The lowest BCUT2D eigenvalue weighted by atomic mass is 10.1. The van der Waals surface area contributed by atoms with E-state index in [-0.39, 0.29) is 12.1 Å². The number of alkyl halides is 3. The highest BCUT2D eigenvalue weighted by Crippen LogP contribution is 2.32. The molecule has 0 saturated carbocycles. The maximum Gasteiger partial charge on any atom is 0.416 e. The minimum Gasteiger partial charge on any atom is -0.352 e. The second kappa shape index (κ2) is 9.43. The van der Waals surface area contributed by atoms with Crippen LogP contribution in [0.15, 0.2) is 66.2 Å². The van der Waals surface area contributed by atoms with Gasteiger partial charge in [-0.2, -0.15) is 13.2 Å². The van der Waals surface area contributed by atoms with Crippen LogP contribution in [0.3, 0.4) is 0 Å². The van der Waals surface area contributed by atoms with Crippen molar-refractivity contribution in [3.05, 3.63) is 89.3 Å². The van der Waals surface area contributed by atoms with E-state index in [9.17, 15) is 17.6 Å². The molecule has 0 unspecified atom stereocenters. The van der Waals surface area contributed by atoms with Crippen molar-refractivity contribution in [1.29, 1.82) is 0 Å². The largest absolute Gasteiger partial charge is 0.416 e. The van der Waals surface area contributed by atoms with E-state index in [4.69, 9.17) is 0 Å².